The molecular weight excluding hydrogens is 198 g/mol. The van der Waals surface area contributed by atoms with Crippen LogP contribution < -0.4 is 5.32 Å². The summed E-state index contributed by atoms with van der Waals surface area (Å²) >= 11 is 0. The number of nitrogens with one attached hydrogen (secondary N) is 1. The number of hydrogen-bond acceptors (Lipinski definition) is 3. The molecule has 3 heteroatoms. The van der Waals surface area contributed by atoms with Gasteiger partial charge in [0.15, 0.2) is 0 Å². The lowest BCUT2D eigenvalue weighted by molar-refractivity contribution is 0.0535. The van der Waals surface area contributed by atoms with E-state index in [1.54, 1.807) is 0 Å². The molecule has 3 nitrogen and oxygen atoms in total. The van der Waals surface area contributed by atoms with Crippen LogP contribution in [0.2, 0.25) is 0 Å². The Labute approximate surface area is 100 Å². The SMILES string of the molecule is CCNC(C1CCC1)C1CN(C)CCN1C. The Balaban J connectivity index is 1.98. The van der Waals surface area contributed by atoms with Gasteiger partial charge in [0.1, 0.15) is 0 Å². The van der Waals surface area contributed by atoms with Crippen molar-refractivity contribution in [3.05, 3.63) is 0 Å². The Hall–Kier alpha value is -0.120. The summed E-state index contributed by atoms with van der Waals surface area (Å²) in [5.41, 5.74) is 0. The van der Waals surface area contributed by atoms with Gasteiger partial charge in [-0.3, -0.25) is 4.90 Å². The minimum Gasteiger partial charge on any atom is -0.312 e. The van der Waals surface area contributed by atoms with E-state index >= 15 is 0 Å². The van der Waals surface area contributed by atoms with E-state index in [1.165, 1.54) is 38.9 Å². The van der Waals surface area contributed by atoms with Crippen LogP contribution >= 0.6 is 0 Å². The fourth-order valence-electron chi connectivity index (χ4n) is 3.08. The fourth-order valence-corrected chi connectivity index (χ4v) is 3.08. The van der Waals surface area contributed by atoms with Gasteiger partial charge in [0.05, 0.1) is 0 Å². The minimum absolute atomic E-state index is 0.712. The van der Waals surface area contributed by atoms with Crippen molar-refractivity contribution in [3.8, 4) is 0 Å². The van der Waals surface area contributed by atoms with E-state index in [2.05, 4.69) is 36.1 Å². The molecule has 16 heavy (non-hydrogen) atoms. The number of hydrogen-bond donors (Lipinski definition) is 1. The molecule has 2 aliphatic rings. The summed E-state index contributed by atoms with van der Waals surface area (Å²) in [6, 6.07) is 1.43. The summed E-state index contributed by atoms with van der Waals surface area (Å²) in [4.78, 5) is 5.04. The van der Waals surface area contributed by atoms with Crippen LogP contribution in [0.4, 0.5) is 0 Å². The molecule has 2 rings (SSSR count). The van der Waals surface area contributed by atoms with Gasteiger partial charge in [-0.05, 0) is 39.4 Å². The maximum absolute atomic E-state index is 3.74. The average molecular weight is 225 g/mol. The third-order valence-electron chi connectivity index (χ3n) is 4.41. The fraction of sp³-hybridized carbons (Fsp3) is 1.00. The first-order valence-electron chi connectivity index (χ1n) is 6.84. The summed E-state index contributed by atoms with van der Waals surface area (Å²) in [6.45, 7) is 7.00. The van der Waals surface area contributed by atoms with Gasteiger partial charge in [-0.25, -0.2) is 0 Å². The van der Waals surface area contributed by atoms with E-state index in [-0.39, 0.29) is 0 Å². The second-order valence-corrected chi connectivity index (χ2v) is 5.58. The Morgan fingerprint density at radius 2 is 2.00 bits per heavy atom. The summed E-state index contributed by atoms with van der Waals surface area (Å²) in [5, 5.41) is 3.74. The lowest BCUT2D eigenvalue weighted by Crippen LogP contribution is -2.61. The third kappa shape index (κ3) is 2.58. The van der Waals surface area contributed by atoms with E-state index in [9.17, 15) is 0 Å². The van der Waals surface area contributed by atoms with Gasteiger partial charge in [0.25, 0.3) is 0 Å². The lowest BCUT2D eigenvalue weighted by atomic mass is 9.76. The first-order valence-corrected chi connectivity index (χ1v) is 6.84. The number of rotatable bonds is 4. The molecule has 0 spiro atoms. The van der Waals surface area contributed by atoms with Crippen LogP contribution in [0.25, 0.3) is 0 Å². The molecule has 1 aliphatic heterocycles. The van der Waals surface area contributed by atoms with Crippen molar-refractivity contribution in [1.29, 1.82) is 0 Å². The van der Waals surface area contributed by atoms with Crippen molar-refractivity contribution in [3.63, 3.8) is 0 Å². The number of piperazine rings is 1. The van der Waals surface area contributed by atoms with Gasteiger partial charge in [-0.2, -0.15) is 0 Å². The Morgan fingerprint density at radius 1 is 1.25 bits per heavy atom. The predicted molar refractivity (Wildman–Crippen MR) is 68.7 cm³/mol. The molecule has 0 amide bonds. The van der Waals surface area contributed by atoms with Crippen LogP contribution in [0.15, 0.2) is 0 Å². The normalized spacial score (nSPS) is 31.3. The minimum atomic E-state index is 0.712. The van der Waals surface area contributed by atoms with E-state index < -0.39 is 0 Å². The molecule has 1 heterocycles. The van der Waals surface area contributed by atoms with Gasteiger partial charge in [0, 0.05) is 31.7 Å². The Bertz CT molecular complexity index is 213. The van der Waals surface area contributed by atoms with E-state index in [4.69, 9.17) is 0 Å². The standard InChI is InChI=1S/C13H27N3/c1-4-14-13(11-6-5-7-11)12-10-15(2)8-9-16(12)3/h11-14H,4-10H2,1-3H3. The maximum atomic E-state index is 3.74. The van der Waals surface area contributed by atoms with E-state index in [0.29, 0.717) is 12.1 Å². The highest BCUT2D eigenvalue weighted by Crippen LogP contribution is 2.32. The topological polar surface area (TPSA) is 18.5 Å². The molecule has 1 aliphatic carbocycles. The first-order chi connectivity index (χ1) is 7.72. The van der Waals surface area contributed by atoms with Gasteiger partial charge in [-0.1, -0.05) is 13.3 Å². The van der Waals surface area contributed by atoms with Crippen molar-refractivity contribution < 1.29 is 0 Å². The summed E-state index contributed by atoms with van der Waals surface area (Å²) in [6.07, 6.45) is 4.32. The molecule has 1 N–H and O–H groups in total. The molecule has 94 valence electrons. The summed E-state index contributed by atoms with van der Waals surface area (Å²) in [7, 11) is 4.55. The smallest absolute Gasteiger partial charge is 0.0376 e. The molecule has 0 bridgehead atoms. The van der Waals surface area contributed by atoms with E-state index in [1.807, 2.05) is 0 Å². The van der Waals surface area contributed by atoms with Crippen LogP contribution in [0, 0.1) is 5.92 Å². The maximum Gasteiger partial charge on any atom is 0.0376 e. The molecule has 1 saturated carbocycles. The zero-order chi connectivity index (χ0) is 11.5. The van der Waals surface area contributed by atoms with Gasteiger partial charge >= 0.3 is 0 Å². The average Bonchev–Trinajstić information content (AvgIpc) is 2.18. The second kappa shape index (κ2) is 5.48. The summed E-state index contributed by atoms with van der Waals surface area (Å²) < 4.78 is 0. The molecule has 2 atom stereocenters. The van der Waals surface area contributed by atoms with Gasteiger partial charge in [-0.15, -0.1) is 0 Å². The molecule has 2 fully saturated rings. The number of nitrogens with zero attached hydrogens (tertiary/aromatic N) is 2. The van der Waals surface area contributed by atoms with Crippen LogP contribution in [-0.2, 0) is 0 Å². The quantitative estimate of drug-likeness (QED) is 0.770. The van der Waals surface area contributed by atoms with Crippen LogP contribution in [0.3, 0.4) is 0 Å². The zero-order valence-electron chi connectivity index (χ0n) is 11.1. The van der Waals surface area contributed by atoms with Crippen molar-refractivity contribution in [1.82, 2.24) is 15.1 Å². The molecule has 0 aromatic heterocycles. The largest absolute Gasteiger partial charge is 0.312 e. The van der Waals surface area contributed by atoms with E-state index in [0.717, 1.165) is 12.5 Å². The second-order valence-electron chi connectivity index (χ2n) is 5.58. The molecule has 1 saturated heterocycles. The Morgan fingerprint density at radius 3 is 2.56 bits per heavy atom. The van der Waals surface area contributed by atoms with Crippen LogP contribution in [0.5, 0.6) is 0 Å². The van der Waals surface area contributed by atoms with Crippen molar-refractivity contribution in [2.45, 2.75) is 38.3 Å². The molecule has 0 aromatic carbocycles. The van der Waals surface area contributed by atoms with Gasteiger partial charge in [0.2, 0.25) is 0 Å². The molecule has 0 radical (unpaired) electrons. The molecule has 0 aromatic rings. The van der Waals surface area contributed by atoms with Crippen LogP contribution in [0.1, 0.15) is 26.2 Å². The number of likely N-dealkylation sites (N-methyl/N-ethyl adjacent to an activating group) is 3. The molecule has 2 unspecified atom stereocenters. The summed E-state index contributed by atoms with van der Waals surface area (Å²) in [5.74, 6) is 0.930. The van der Waals surface area contributed by atoms with Gasteiger partial charge < -0.3 is 10.2 Å². The first kappa shape index (κ1) is 12.3. The van der Waals surface area contributed by atoms with Crippen molar-refractivity contribution in [2.75, 3.05) is 40.3 Å². The highest BCUT2D eigenvalue weighted by atomic mass is 15.3. The highest BCUT2D eigenvalue weighted by molar-refractivity contribution is 4.95. The highest BCUT2D eigenvalue weighted by Gasteiger charge is 2.36. The van der Waals surface area contributed by atoms with Crippen molar-refractivity contribution >= 4 is 0 Å². The monoisotopic (exact) mass is 225 g/mol. The van der Waals surface area contributed by atoms with Crippen molar-refractivity contribution in [2.24, 2.45) is 5.92 Å². The lowest BCUT2D eigenvalue weighted by Gasteiger charge is -2.47. The third-order valence-corrected chi connectivity index (χ3v) is 4.41. The predicted octanol–water partition coefficient (Wildman–Crippen LogP) is 1.01. The molecular formula is C13H27N3. The van der Waals surface area contributed by atoms with Crippen LogP contribution in [-0.4, -0.2) is 62.2 Å². The zero-order valence-corrected chi connectivity index (χ0v) is 11.1. The Kier molecular flexibility index (Phi) is 4.22.